The van der Waals surface area contributed by atoms with Gasteiger partial charge in [0.1, 0.15) is 11.8 Å². The van der Waals surface area contributed by atoms with Crippen LogP contribution >= 0.6 is 11.6 Å². The monoisotopic (exact) mass is 236 g/mol. The SMILES string of the molecule is Nc1c(C(=O)C2CO2)[nH]c2cc(Cl)ccc12. The lowest BCUT2D eigenvalue weighted by Crippen LogP contribution is -2.09. The minimum Gasteiger partial charge on any atom is -0.396 e. The van der Waals surface area contributed by atoms with Crippen molar-refractivity contribution in [1.82, 2.24) is 4.98 Å². The zero-order valence-electron chi connectivity index (χ0n) is 8.29. The molecule has 82 valence electrons. The lowest BCUT2D eigenvalue weighted by atomic mass is 10.1. The van der Waals surface area contributed by atoms with Crippen molar-refractivity contribution in [2.75, 3.05) is 12.3 Å². The summed E-state index contributed by atoms with van der Waals surface area (Å²) in [7, 11) is 0. The van der Waals surface area contributed by atoms with E-state index >= 15 is 0 Å². The first-order chi connectivity index (χ1) is 7.66. The van der Waals surface area contributed by atoms with Crippen LogP contribution in [0.2, 0.25) is 5.02 Å². The van der Waals surface area contributed by atoms with Crippen LogP contribution in [0.4, 0.5) is 5.69 Å². The molecule has 1 saturated heterocycles. The normalized spacial score (nSPS) is 18.9. The number of carbonyl (C=O) groups excluding carboxylic acids is 1. The van der Waals surface area contributed by atoms with Gasteiger partial charge in [0.2, 0.25) is 5.78 Å². The van der Waals surface area contributed by atoms with Gasteiger partial charge in [0.15, 0.2) is 0 Å². The van der Waals surface area contributed by atoms with Crippen LogP contribution in [0.1, 0.15) is 10.5 Å². The summed E-state index contributed by atoms with van der Waals surface area (Å²) in [6.07, 6.45) is -0.328. The summed E-state index contributed by atoms with van der Waals surface area (Å²) in [4.78, 5) is 14.8. The van der Waals surface area contributed by atoms with Crippen molar-refractivity contribution < 1.29 is 9.53 Å². The number of rotatable bonds is 2. The minimum absolute atomic E-state index is 0.0928. The Morgan fingerprint density at radius 2 is 2.31 bits per heavy atom. The molecule has 1 fully saturated rings. The molecule has 4 nitrogen and oxygen atoms in total. The van der Waals surface area contributed by atoms with Crippen LogP contribution < -0.4 is 5.73 Å². The number of carbonyl (C=O) groups is 1. The van der Waals surface area contributed by atoms with Gasteiger partial charge in [-0.3, -0.25) is 4.79 Å². The highest BCUT2D eigenvalue weighted by Gasteiger charge is 2.34. The molecule has 0 spiro atoms. The smallest absolute Gasteiger partial charge is 0.212 e. The van der Waals surface area contributed by atoms with E-state index in [0.717, 1.165) is 10.9 Å². The molecule has 3 N–H and O–H groups in total. The molecule has 2 heterocycles. The van der Waals surface area contributed by atoms with Gasteiger partial charge in [0, 0.05) is 15.9 Å². The second-order valence-electron chi connectivity index (χ2n) is 3.79. The van der Waals surface area contributed by atoms with Crippen molar-refractivity contribution in [3.8, 4) is 0 Å². The van der Waals surface area contributed by atoms with E-state index < -0.39 is 0 Å². The zero-order valence-corrected chi connectivity index (χ0v) is 9.04. The van der Waals surface area contributed by atoms with Crippen LogP contribution in [0.25, 0.3) is 10.9 Å². The first-order valence-corrected chi connectivity index (χ1v) is 5.27. The van der Waals surface area contributed by atoms with Gasteiger partial charge in [0.25, 0.3) is 0 Å². The third kappa shape index (κ3) is 1.38. The van der Waals surface area contributed by atoms with E-state index in [2.05, 4.69) is 4.98 Å². The van der Waals surface area contributed by atoms with E-state index in [4.69, 9.17) is 22.1 Å². The lowest BCUT2D eigenvalue weighted by molar-refractivity contribution is 0.0950. The Hall–Kier alpha value is -1.52. The van der Waals surface area contributed by atoms with Gasteiger partial charge >= 0.3 is 0 Å². The summed E-state index contributed by atoms with van der Waals surface area (Å²) in [5.74, 6) is -0.0928. The number of epoxide rings is 1. The highest BCUT2D eigenvalue weighted by Crippen LogP contribution is 2.29. The molecule has 0 radical (unpaired) electrons. The van der Waals surface area contributed by atoms with Gasteiger partial charge in [-0.2, -0.15) is 0 Å². The molecule has 16 heavy (non-hydrogen) atoms. The minimum atomic E-state index is -0.328. The predicted molar refractivity (Wildman–Crippen MR) is 61.8 cm³/mol. The predicted octanol–water partition coefficient (Wildman–Crippen LogP) is 1.98. The Labute approximate surface area is 96.3 Å². The Morgan fingerprint density at radius 3 is 3.00 bits per heavy atom. The maximum Gasteiger partial charge on any atom is 0.212 e. The van der Waals surface area contributed by atoms with Crippen LogP contribution in [-0.2, 0) is 4.74 Å². The number of hydrogen-bond donors (Lipinski definition) is 2. The molecular formula is C11H9ClN2O2. The van der Waals surface area contributed by atoms with Crippen LogP contribution in [0.15, 0.2) is 18.2 Å². The molecule has 1 atom stereocenters. The summed E-state index contributed by atoms with van der Waals surface area (Å²) in [5, 5.41) is 1.42. The number of ketones is 1. The number of aromatic amines is 1. The number of halogens is 1. The van der Waals surface area contributed by atoms with Gasteiger partial charge in [-0.05, 0) is 18.2 Å². The topological polar surface area (TPSA) is 71.4 Å². The average Bonchev–Trinajstić information content (AvgIpc) is 3.04. The van der Waals surface area contributed by atoms with Crippen molar-refractivity contribution in [2.45, 2.75) is 6.10 Å². The summed E-state index contributed by atoms with van der Waals surface area (Å²) in [6.45, 7) is 0.481. The van der Waals surface area contributed by atoms with Gasteiger partial charge in [0.05, 0.1) is 12.3 Å². The number of aromatic nitrogens is 1. The average molecular weight is 237 g/mol. The molecule has 1 aliphatic rings. The Kier molecular flexibility index (Phi) is 1.96. The summed E-state index contributed by atoms with van der Waals surface area (Å²) < 4.78 is 4.95. The van der Waals surface area contributed by atoms with Crippen molar-refractivity contribution in [3.63, 3.8) is 0 Å². The number of nitrogen functional groups attached to an aromatic ring is 1. The molecule has 0 aliphatic carbocycles. The van der Waals surface area contributed by atoms with Gasteiger partial charge in [-0.25, -0.2) is 0 Å². The molecule has 1 aliphatic heterocycles. The first-order valence-electron chi connectivity index (χ1n) is 4.89. The fraction of sp³-hybridized carbons (Fsp3) is 0.182. The second kappa shape index (κ2) is 3.23. The summed E-state index contributed by atoms with van der Waals surface area (Å²) in [5.41, 5.74) is 7.56. The number of fused-ring (bicyclic) bond motifs is 1. The largest absolute Gasteiger partial charge is 0.396 e. The van der Waals surface area contributed by atoms with E-state index in [1.165, 1.54) is 0 Å². The Bertz CT molecular complexity index is 587. The van der Waals surface area contributed by atoms with E-state index in [-0.39, 0.29) is 11.9 Å². The molecule has 1 aromatic carbocycles. The lowest BCUT2D eigenvalue weighted by Gasteiger charge is -1.94. The molecule has 0 saturated carbocycles. The van der Waals surface area contributed by atoms with Crippen LogP contribution in [-0.4, -0.2) is 23.5 Å². The van der Waals surface area contributed by atoms with E-state index in [0.29, 0.717) is 23.0 Å². The standard InChI is InChI=1S/C11H9ClN2O2/c12-5-1-2-6-7(3-5)14-10(9(6)13)11(15)8-4-16-8/h1-3,8,14H,4,13H2. The molecular weight excluding hydrogens is 228 g/mol. The highest BCUT2D eigenvalue weighted by atomic mass is 35.5. The Balaban J connectivity index is 2.18. The number of hydrogen-bond acceptors (Lipinski definition) is 3. The maximum atomic E-state index is 11.8. The maximum absolute atomic E-state index is 11.8. The molecule has 5 heteroatoms. The summed E-state index contributed by atoms with van der Waals surface area (Å²) in [6, 6.07) is 5.29. The van der Waals surface area contributed by atoms with Crippen molar-refractivity contribution >= 4 is 34.0 Å². The molecule has 0 bridgehead atoms. The third-order valence-electron chi connectivity index (χ3n) is 2.67. The Morgan fingerprint density at radius 1 is 1.56 bits per heavy atom. The number of nitrogens with one attached hydrogen (secondary N) is 1. The summed E-state index contributed by atoms with van der Waals surface area (Å²) >= 11 is 5.86. The third-order valence-corrected chi connectivity index (χ3v) is 2.91. The van der Waals surface area contributed by atoms with Gasteiger partial charge < -0.3 is 15.5 Å². The van der Waals surface area contributed by atoms with Crippen molar-refractivity contribution in [1.29, 1.82) is 0 Å². The number of H-pyrrole nitrogens is 1. The highest BCUT2D eigenvalue weighted by molar-refractivity contribution is 6.31. The quantitative estimate of drug-likeness (QED) is 0.619. The van der Waals surface area contributed by atoms with E-state index in [1.807, 2.05) is 0 Å². The molecule has 3 rings (SSSR count). The van der Waals surface area contributed by atoms with E-state index in [1.54, 1.807) is 18.2 Å². The fourth-order valence-corrected chi connectivity index (χ4v) is 1.92. The second-order valence-corrected chi connectivity index (χ2v) is 4.23. The molecule has 1 aromatic heterocycles. The number of ether oxygens (including phenoxy) is 1. The number of Topliss-reactive ketones (excluding diaryl/α,β-unsaturated/α-hetero) is 1. The molecule has 2 aromatic rings. The van der Waals surface area contributed by atoms with Crippen molar-refractivity contribution in [3.05, 3.63) is 28.9 Å². The van der Waals surface area contributed by atoms with Crippen LogP contribution in [0.3, 0.4) is 0 Å². The molecule has 0 amide bonds. The van der Waals surface area contributed by atoms with E-state index in [9.17, 15) is 4.79 Å². The number of benzene rings is 1. The van der Waals surface area contributed by atoms with Gasteiger partial charge in [-0.1, -0.05) is 11.6 Å². The number of nitrogens with two attached hydrogens (primary N) is 1. The van der Waals surface area contributed by atoms with Crippen molar-refractivity contribution in [2.24, 2.45) is 0 Å². The fourth-order valence-electron chi connectivity index (χ4n) is 1.75. The van der Waals surface area contributed by atoms with Crippen LogP contribution in [0.5, 0.6) is 0 Å². The van der Waals surface area contributed by atoms with Crippen LogP contribution in [0, 0.1) is 0 Å². The number of anilines is 1. The van der Waals surface area contributed by atoms with Gasteiger partial charge in [-0.15, -0.1) is 0 Å². The first kappa shape index (κ1) is 9.69. The molecule has 1 unspecified atom stereocenters. The zero-order chi connectivity index (χ0) is 11.3.